The molecule has 3 aliphatic carbocycles. The van der Waals surface area contributed by atoms with E-state index in [2.05, 4.69) is 0 Å². The second-order valence-corrected chi connectivity index (χ2v) is 11.1. The number of amides is 1. The number of nitrogens with zero attached hydrogens (tertiary/aromatic N) is 2. The van der Waals surface area contributed by atoms with Gasteiger partial charge >= 0.3 is 0 Å². The molecule has 1 amide bonds. The number of rotatable bonds is 4. The van der Waals surface area contributed by atoms with E-state index in [4.69, 9.17) is 5.73 Å². The zero-order chi connectivity index (χ0) is 28.0. The zero-order valence-corrected chi connectivity index (χ0v) is 21.7. The Balaban J connectivity index is 1.70. The molecule has 0 aromatic heterocycles. The molecule has 1 aromatic carbocycles. The molecular formula is C27H32FN3O7. The number of aliphatic hydroxyl groups excluding tert-OH is 2. The standard InChI is InChI=1S/C27H32FN3O7/c1-5-10(2)31-8-13-14(9-31)21(32)17-12(19(13)28)6-11-7-15-20(30(3)4)23(34)18(26(29)37)25(36)27(15,38)24(35)16(11)22(17)33/h10-11,15,20,32-33,36,38H,5-9H2,1-4H3,(H2,29,37)/t10?,11-,15-,20-,27-/m0/s1. The molecule has 4 aliphatic rings. The van der Waals surface area contributed by atoms with Gasteiger partial charge in [-0.2, -0.15) is 0 Å². The van der Waals surface area contributed by atoms with Crippen LogP contribution in [0.4, 0.5) is 4.39 Å². The van der Waals surface area contributed by atoms with E-state index in [9.17, 15) is 34.8 Å². The number of phenolic OH excluding ortho intramolecular Hbond substituents is 1. The summed E-state index contributed by atoms with van der Waals surface area (Å²) in [5, 5.41) is 45.0. The minimum atomic E-state index is -2.72. The van der Waals surface area contributed by atoms with Gasteiger partial charge < -0.3 is 26.2 Å². The van der Waals surface area contributed by atoms with Gasteiger partial charge in [-0.15, -0.1) is 0 Å². The summed E-state index contributed by atoms with van der Waals surface area (Å²) in [6.45, 7) is 4.57. The van der Waals surface area contributed by atoms with Crippen molar-refractivity contribution in [3.05, 3.63) is 45.0 Å². The van der Waals surface area contributed by atoms with Crippen molar-refractivity contribution in [2.75, 3.05) is 14.1 Å². The van der Waals surface area contributed by atoms with E-state index in [1.165, 1.54) is 19.0 Å². The first-order valence-corrected chi connectivity index (χ1v) is 12.7. The van der Waals surface area contributed by atoms with Gasteiger partial charge in [-0.25, -0.2) is 4.39 Å². The highest BCUT2D eigenvalue weighted by atomic mass is 19.1. The van der Waals surface area contributed by atoms with E-state index in [-0.39, 0.29) is 47.9 Å². The quantitative estimate of drug-likeness (QED) is 0.361. The van der Waals surface area contributed by atoms with Crippen LogP contribution in [0.15, 0.2) is 16.9 Å². The number of hydrogen-bond donors (Lipinski definition) is 5. The number of benzene rings is 1. The summed E-state index contributed by atoms with van der Waals surface area (Å²) in [6, 6.07) is -1.06. The molecule has 1 aliphatic heterocycles. The molecule has 1 unspecified atom stereocenters. The van der Waals surface area contributed by atoms with Gasteiger partial charge in [0.2, 0.25) is 5.78 Å². The lowest BCUT2D eigenvalue weighted by Crippen LogP contribution is -2.65. The third kappa shape index (κ3) is 3.25. The molecule has 5 atom stereocenters. The summed E-state index contributed by atoms with van der Waals surface area (Å²) >= 11 is 0. The zero-order valence-electron chi connectivity index (χ0n) is 21.7. The van der Waals surface area contributed by atoms with Crippen LogP contribution in [0.3, 0.4) is 0 Å². The molecule has 204 valence electrons. The Kier molecular flexibility index (Phi) is 5.97. The summed E-state index contributed by atoms with van der Waals surface area (Å²) in [5.41, 5.74) is 2.00. The molecule has 0 spiro atoms. The Morgan fingerprint density at radius 3 is 2.39 bits per heavy atom. The van der Waals surface area contributed by atoms with Crippen molar-refractivity contribution in [2.45, 2.75) is 63.9 Å². The van der Waals surface area contributed by atoms with Crippen molar-refractivity contribution < 1.29 is 39.2 Å². The maximum Gasteiger partial charge on any atom is 0.255 e. The lowest BCUT2D eigenvalue weighted by atomic mass is 9.57. The molecular weight excluding hydrogens is 497 g/mol. The van der Waals surface area contributed by atoms with Gasteiger partial charge in [0.25, 0.3) is 5.91 Å². The van der Waals surface area contributed by atoms with Crippen molar-refractivity contribution in [2.24, 2.45) is 17.6 Å². The molecule has 1 saturated carbocycles. The fourth-order valence-corrected chi connectivity index (χ4v) is 6.81. The van der Waals surface area contributed by atoms with Crippen LogP contribution in [0, 0.1) is 17.7 Å². The lowest BCUT2D eigenvalue weighted by Gasteiger charge is -2.50. The maximum atomic E-state index is 15.9. The number of aromatic hydroxyl groups is 1. The van der Waals surface area contributed by atoms with E-state index < -0.39 is 63.9 Å². The largest absolute Gasteiger partial charge is 0.508 e. The topological polar surface area (TPSA) is 165 Å². The molecule has 0 bridgehead atoms. The van der Waals surface area contributed by atoms with E-state index in [1.54, 1.807) is 0 Å². The summed E-state index contributed by atoms with van der Waals surface area (Å²) in [7, 11) is 3.05. The van der Waals surface area contributed by atoms with E-state index in [1.807, 2.05) is 18.7 Å². The molecule has 1 aromatic rings. The van der Waals surface area contributed by atoms with Crippen molar-refractivity contribution in [1.82, 2.24) is 9.80 Å². The molecule has 1 heterocycles. The van der Waals surface area contributed by atoms with Gasteiger partial charge in [0.15, 0.2) is 11.4 Å². The van der Waals surface area contributed by atoms with Gasteiger partial charge in [0, 0.05) is 47.3 Å². The number of nitrogens with two attached hydrogens (primary N) is 1. The van der Waals surface area contributed by atoms with Crippen LogP contribution in [0.2, 0.25) is 0 Å². The van der Waals surface area contributed by atoms with Crippen LogP contribution in [0.25, 0.3) is 5.76 Å². The highest BCUT2D eigenvalue weighted by Crippen LogP contribution is 2.54. The van der Waals surface area contributed by atoms with Crippen molar-refractivity contribution in [3.8, 4) is 5.75 Å². The predicted molar refractivity (Wildman–Crippen MR) is 133 cm³/mol. The Labute approximate surface area is 218 Å². The fraction of sp³-hybridized carbons (Fsp3) is 0.519. The summed E-state index contributed by atoms with van der Waals surface area (Å²) in [5.74, 6) is -7.96. The van der Waals surface area contributed by atoms with Crippen LogP contribution >= 0.6 is 0 Å². The molecule has 10 nitrogen and oxygen atoms in total. The highest BCUT2D eigenvalue weighted by Gasteiger charge is 2.64. The van der Waals surface area contributed by atoms with Crippen LogP contribution < -0.4 is 5.73 Å². The third-order valence-electron chi connectivity index (χ3n) is 8.97. The second kappa shape index (κ2) is 8.62. The van der Waals surface area contributed by atoms with E-state index in [0.29, 0.717) is 17.7 Å². The molecule has 0 saturated heterocycles. The van der Waals surface area contributed by atoms with Gasteiger partial charge in [-0.3, -0.25) is 24.2 Å². The highest BCUT2D eigenvalue weighted by molar-refractivity contribution is 6.24. The average Bonchev–Trinajstić information content (AvgIpc) is 3.30. The van der Waals surface area contributed by atoms with Gasteiger partial charge in [-0.05, 0) is 46.2 Å². The smallest absolute Gasteiger partial charge is 0.255 e. The minimum Gasteiger partial charge on any atom is -0.508 e. The van der Waals surface area contributed by atoms with Crippen LogP contribution in [-0.2, 0) is 33.9 Å². The van der Waals surface area contributed by atoms with Gasteiger partial charge in [0.1, 0.15) is 28.7 Å². The maximum absolute atomic E-state index is 15.9. The normalized spacial score (nSPS) is 29.8. The van der Waals surface area contributed by atoms with E-state index in [0.717, 1.165) is 6.42 Å². The number of fused-ring (bicyclic) bond motifs is 4. The van der Waals surface area contributed by atoms with E-state index >= 15 is 4.39 Å². The first kappa shape index (κ1) is 26.3. The lowest BCUT2D eigenvalue weighted by molar-refractivity contribution is -0.153. The van der Waals surface area contributed by atoms with Crippen molar-refractivity contribution in [1.29, 1.82) is 0 Å². The fourth-order valence-electron chi connectivity index (χ4n) is 6.81. The first-order chi connectivity index (χ1) is 17.8. The average molecular weight is 530 g/mol. The molecule has 38 heavy (non-hydrogen) atoms. The number of carbonyl (C=O) groups excluding carboxylic acids is 3. The third-order valence-corrected chi connectivity index (χ3v) is 8.97. The number of phenols is 1. The molecule has 5 rings (SSSR count). The molecule has 0 radical (unpaired) electrons. The monoisotopic (exact) mass is 529 g/mol. The molecule has 11 heteroatoms. The molecule has 6 N–H and O–H groups in total. The summed E-state index contributed by atoms with van der Waals surface area (Å²) < 4.78 is 15.9. The van der Waals surface area contributed by atoms with Gasteiger partial charge in [-0.1, -0.05) is 6.92 Å². The Bertz CT molecular complexity index is 1370. The van der Waals surface area contributed by atoms with Crippen LogP contribution in [-0.4, -0.2) is 79.5 Å². The number of ketones is 2. The summed E-state index contributed by atoms with van der Waals surface area (Å²) in [4.78, 5) is 42.5. The predicted octanol–water partition coefficient (Wildman–Crippen LogP) is 1.22. The SMILES string of the molecule is CCC(C)N1Cc2c(O)c3c(c(F)c2C1)C[C@H]1C[C@H]2[C@H](N(C)C)C(=O)C(C(N)=O)=C(O)[C@@]2(O)C(=O)C1=C3O. The number of Topliss-reactive ketones (excluding diaryl/α,β-unsaturated/α-hetero) is 2. The van der Waals surface area contributed by atoms with Gasteiger partial charge in [0.05, 0.1) is 11.6 Å². The van der Waals surface area contributed by atoms with Crippen molar-refractivity contribution in [3.63, 3.8) is 0 Å². The number of carbonyl (C=O) groups is 3. The summed E-state index contributed by atoms with van der Waals surface area (Å²) in [6.07, 6.45) is 0.671. The molecule has 1 fully saturated rings. The Morgan fingerprint density at radius 2 is 1.82 bits per heavy atom. The minimum absolute atomic E-state index is 0.0649. The first-order valence-electron chi connectivity index (χ1n) is 12.7. The van der Waals surface area contributed by atoms with Crippen LogP contribution in [0.5, 0.6) is 5.75 Å². The number of hydrogen-bond acceptors (Lipinski definition) is 9. The van der Waals surface area contributed by atoms with Crippen molar-refractivity contribution >= 4 is 23.2 Å². The number of halogens is 1. The number of aliphatic hydroxyl groups is 3. The Morgan fingerprint density at radius 1 is 1.18 bits per heavy atom. The Hall–Kier alpha value is -3.28. The second-order valence-electron chi connectivity index (χ2n) is 11.1. The van der Waals surface area contributed by atoms with Crippen LogP contribution in [0.1, 0.15) is 48.9 Å². The number of likely N-dealkylation sites (N-methyl/N-ethyl adjacent to an activating group) is 1. The number of primary amides is 1.